The molecule has 3 heterocycles. The average Bonchev–Trinajstić information content (AvgIpc) is 3.45. The Bertz CT molecular complexity index is 1650. The molecular weight excluding hydrogens is 547 g/mol. The Hall–Kier alpha value is -3.58. The first-order valence-electron chi connectivity index (χ1n) is 13.4. The maximum atomic E-state index is 14.2. The Balaban J connectivity index is 1.41. The number of pyridine rings is 1. The van der Waals surface area contributed by atoms with Gasteiger partial charge in [-0.05, 0) is 68.4 Å². The van der Waals surface area contributed by atoms with Crippen molar-refractivity contribution in [2.24, 2.45) is 7.05 Å². The third kappa shape index (κ3) is 4.84. The summed E-state index contributed by atoms with van der Waals surface area (Å²) in [5.74, 6) is 0.537. The van der Waals surface area contributed by atoms with E-state index in [2.05, 4.69) is 15.5 Å². The number of fused-ring (bicyclic) bond motifs is 1. The zero-order chi connectivity index (χ0) is 29.2. The third-order valence-electron chi connectivity index (χ3n) is 8.57. The van der Waals surface area contributed by atoms with Gasteiger partial charge >= 0.3 is 18.5 Å². The van der Waals surface area contributed by atoms with Gasteiger partial charge in [0.2, 0.25) is 0 Å². The van der Waals surface area contributed by atoms with Crippen LogP contribution in [0, 0.1) is 0 Å². The van der Waals surface area contributed by atoms with E-state index in [0.717, 1.165) is 29.7 Å². The number of imidazole rings is 1. The van der Waals surface area contributed by atoms with Crippen molar-refractivity contribution in [3.05, 3.63) is 82.1 Å². The second-order valence-corrected chi connectivity index (χ2v) is 11.4. The van der Waals surface area contributed by atoms with E-state index >= 15 is 0 Å². The first-order valence-corrected chi connectivity index (χ1v) is 13.4. The molecule has 0 radical (unpaired) electrons. The third-order valence-corrected chi connectivity index (χ3v) is 8.57. The number of aryl methyl sites for hydroxylation is 1. The summed E-state index contributed by atoms with van der Waals surface area (Å²) in [5, 5.41) is 11.5. The predicted molar refractivity (Wildman–Crippen MR) is 139 cm³/mol. The molecule has 0 spiro atoms. The Morgan fingerprint density at radius 3 is 2.54 bits per heavy atom. The van der Waals surface area contributed by atoms with Crippen molar-refractivity contribution in [2.45, 2.75) is 75.4 Å². The fourth-order valence-electron chi connectivity index (χ4n) is 6.13. The Morgan fingerprint density at radius 2 is 1.93 bits per heavy atom. The lowest BCUT2D eigenvalue weighted by molar-refractivity contribution is -0.192. The van der Waals surface area contributed by atoms with Crippen LogP contribution in [0.3, 0.4) is 0 Å². The minimum atomic E-state index is -4.68. The number of nitrogens with one attached hydrogen (secondary N) is 1. The largest absolute Gasteiger partial charge is 0.418 e. The average molecular weight is 577 g/mol. The van der Waals surface area contributed by atoms with Gasteiger partial charge in [0.05, 0.1) is 28.3 Å². The fraction of sp³-hybridized carbons (Fsp3) is 0.464. The fourth-order valence-corrected chi connectivity index (χ4v) is 6.13. The molecule has 41 heavy (non-hydrogen) atoms. The molecule has 2 aliphatic carbocycles. The number of aromatic nitrogens is 5. The molecule has 0 unspecified atom stereocenters. The molecule has 13 heteroatoms. The summed E-state index contributed by atoms with van der Waals surface area (Å²) in [6, 6.07) is 7.85. The summed E-state index contributed by atoms with van der Waals surface area (Å²) in [6.45, 7) is -0.687. The molecule has 0 aliphatic heterocycles. The highest BCUT2D eigenvalue weighted by Crippen LogP contribution is 2.50. The van der Waals surface area contributed by atoms with Crippen LogP contribution >= 0.6 is 0 Å². The molecule has 8 nitrogen and oxygen atoms in total. The molecule has 1 aromatic carbocycles. The van der Waals surface area contributed by atoms with E-state index in [9.17, 15) is 26.7 Å². The summed E-state index contributed by atoms with van der Waals surface area (Å²) < 4.78 is 76.9. The summed E-state index contributed by atoms with van der Waals surface area (Å²) >= 11 is 0. The van der Waals surface area contributed by atoms with Crippen LogP contribution in [0.25, 0.3) is 11.2 Å². The molecule has 3 aromatic heterocycles. The van der Waals surface area contributed by atoms with E-state index in [1.165, 1.54) is 23.3 Å². The lowest BCUT2D eigenvalue weighted by Gasteiger charge is -2.46. The molecule has 0 saturated heterocycles. The number of rotatable bonds is 8. The topological polar surface area (TPSA) is 78.4 Å². The van der Waals surface area contributed by atoms with Crippen molar-refractivity contribution in [1.82, 2.24) is 29.0 Å². The maximum Gasteiger partial charge on any atom is 0.418 e. The summed E-state index contributed by atoms with van der Waals surface area (Å²) in [6.07, 6.45) is 2.11. The number of ether oxygens (including phenoxy) is 1. The summed E-state index contributed by atoms with van der Waals surface area (Å²) in [5.41, 5.74) is -1.40. The van der Waals surface area contributed by atoms with Crippen molar-refractivity contribution in [1.29, 1.82) is 0 Å². The summed E-state index contributed by atoms with van der Waals surface area (Å²) in [7, 11) is 1.74. The molecule has 2 aliphatic rings. The number of alkyl halides is 5. The quantitative estimate of drug-likeness (QED) is 0.300. The molecule has 0 bridgehead atoms. The number of hydrogen-bond acceptors (Lipinski definition) is 5. The second-order valence-electron chi connectivity index (χ2n) is 11.4. The van der Waals surface area contributed by atoms with Crippen molar-refractivity contribution >= 4 is 5.52 Å². The molecule has 0 atom stereocenters. The lowest BCUT2D eigenvalue weighted by Crippen LogP contribution is -2.49. The van der Waals surface area contributed by atoms with Gasteiger partial charge in [-0.2, -0.15) is 22.0 Å². The van der Waals surface area contributed by atoms with Gasteiger partial charge in [-0.3, -0.25) is 8.97 Å². The van der Waals surface area contributed by atoms with Gasteiger partial charge in [0.25, 0.3) is 0 Å². The SMILES string of the molecule is Cn1cnnc1[C@]1(c2cccc(-n3cc4c(C(F)(F)F)cc(CNC5(C)CCC5)cn4c3=O)c2)C[C@H](OC(F)F)C1. The van der Waals surface area contributed by atoms with Crippen LogP contribution in [0.15, 0.2) is 53.8 Å². The van der Waals surface area contributed by atoms with Gasteiger partial charge in [-0.25, -0.2) is 4.79 Å². The van der Waals surface area contributed by atoms with E-state index in [1.54, 1.807) is 35.9 Å². The van der Waals surface area contributed by atoms with Crippen molar-refractivity contribution in [3.63, 3.8) is 0 Å². The number of halogens is 5. The highest BCUT2D eigenvalue weighted by atomic mass is 19.4. The smallest absolute Gasteiger partial charge is 0.320 e. The Kier molecular flexibility index (Phi) is 6.57. The van der Waals surface area contributed by atoms with Crippen molar-refractivity contribution < 1.29 is 26.7 Å². The van der Waals surface area contributed by atoms with Crippen LogP contribution in [0.2, 0.25) is 0 Å². The van der Waals surface area contributed by atoms with Crippen LogP contribution in [-0.4, -0.2) is 42.0 Å². The molecule has 2 saturated carbocycles. The number of benzene rings is 1. The summed E-state index contributed by atoms with van der Waals surface area (Å²) in [4.78, 5) is 13.5. The zero-order valence-corrected chi connectivity index (χ0v) is 22.5. The minimum Gasteiger partial charge on any atom is -0.320 e. The van der Waals surface area contributed by atoms with Gasteiger partial charge in [-0.15, -0.1) is 10.2 Å². The second kappa shape index (κ2) is 9.76. The van der Waals surface area contributed by atoms with E-state index in [-0.39, 0.29) is 30.4 Å². The highest BCUT2D eigenvalue weighted by Gasteiger charge is 2.51. The Labute approximate surface area is 231 Å². The van der Waals surface area contributed by atoms with Gasteiger partial charge < -0.3 is 14.6 Å². The van der Waals surface area contributed by atoms with E-state index in [0.29, 0.717) is 22.6 Å². The lowest BCUT2D eigenvalue weighted by atomic mass is 9.62. The van der Waals surface area contributed by atoms with Crippen LogP contribution in [-0.2, 0) is 29.9 Å². The molecule has 6 rings (SSSR count). The zero-order valence-electron chi connectivity index (χ0n) is 22.5. The molecule has 1 N–H and O–H groups in total. The van der Waals surface area contributed by atoms with Crippen LogP contribution in [0.5, 0.6) is 0 Å². The monoisotopic (exact) mass is 576 g/mol. The van der Waals surface area contributed by atoms with E-state index in [4.69, 9.17) is 4.74 Å². The van der Waals surface area contributed by atoms with E-state index < -0.39 is 35.6 Å². The molecule has 218 valence electrons. The van der Waals surface area contributed by atoms with E-state index in [1.807, 2.05) is 6.92 Å². The molecule has 4 aromatic rings. The molecule has 0 amide bonds. The number of nitrogens with zero attached hydrogens (tertiary/aromatic N) is 5. The van der Waals surface area contributed by atoms with Crippen molar-refractivity contribution in [3.8, 4) is 5.69 Å². The Morgan fingerprint density at radius 1 is 1.17 bits per heavy atom. The van der Waals surface area contributed by atoms with Crippen LogP contribution in [0.4, 0.5) is 22.0 Å². The minimum absolute atomic E-state index is 0.121. The number of hydrogen-bond donors (Lipinski definition) is 1. The van der Waals surface area contributed by atoms with Crippen LogP contribution < -0.4 is 11.0 Å². The van der Waals surface area contributed by atoms with Gasteiger partial charge in [0.1, 0.15) is 12.2 Å². The van der Waals surface area contributed by atoms with Gasteiger partial charge in [0, 0.05) is 31.5 Å². The highest BCUT2D eigenvalue weighted by molar-refractivity contribution is 5.58. The van der Waals surface area contributed by atoms with Gasteiger partial charge in [-0.1, -0.05) is 12.1 Å². The standard InChI is InChI=1S/C28H29F5N6O2/c1-26(7-4-8-26)34-13-17-9-21(28(31,32)33)22-15-38(25(40)39(22)14-17)19-6-3-5-18(10-19)27(23-36-35-16-37(23)2)11-20(12-27)41-24(29)30/h3,5-6,9-10,14-16,20,24,34H,4,7-8,11-13H2,1-2H3/t20-,27+. The first-order chi connectivity index (χ1) is 19.4. The molecular formula is C28H29F5N6O2. The molecule has 2 fully saturated rings. The predicted octanol–water partition coefficient (Wildman–Crippen LogP) is 4.96. The maximum absolute atomic E-state index is 14.2. The van der Waals surface area contributed by atoms with Crippen LogP contribution in [0.1, 0.15) is 61.5 Å². The van der Waals surface area contributed by atoms with Gasteiger partial charge in [0.15, 0.2) is 0 Å². The normalized spacial score (nSPS) is 22.2. The first kappa shape index (κ1) is 27.6. The van der Waals surface area contributed by atoms with Crippen molar-refractivity contribution in [2.75, 3.05) is 0 Å².